The zero-order valence-corrected chi connectivity index (χ0v) is 15.3. The van der Waals surface area contributed by atoms with Crippen LogP contribution in [-0.2, 0) is 0 Å². The van der Waals surface area contributed by atoms with E-state index in [1.165, 1.54) is 24.4 Å². The molecule has 1 aliphatic carbocycles. The molecule has 1 aliphatic rings. The summed E-state index contributed by atoms with van der Waals surface area (Å²) in [6, 6.07) is 0.425. The maximum atomic E-state index is 5.93. The molecular weight excluding hydrogens is 314 g/mol. The van der Waals surface area contributed by atoms with Crippen LogP contribution in [0.15, 0.2) is 5.10 Å². The van der Waals surface area contributed by atoms with Crippen LogP contribution >= 0.6 is 23.8 Å². The Balaban J connectivity index is 1.93. The Morgan fingerprint density at radius 3 is 2.77 bits per heavy atom. The lowest BCUT2D eigenvalue weighted by Crippen LogP contribution is -2.46. The van der Waals surface area contributed by atoms with E-state index in [9.17, 15) is 0 Å². The van der Waals surface area contributed by atoms with Gasteiger partial charge in [-0.05, 0) is 55.9 Å². The monoisotopic (exact) mass is 339 g/mol. The highest BCUT2D eigenvalue weighted by molar-refractivity contribution is 7.80. The maximum Gasteiger partial charge on any atom is 0.187 e. The molecule has 2 rings (SSSR count). The van der Waals surface area contributed by atoms with Gasteiger partial charge in [0, 0.05) is 6.04 Å². The van der Waals surface area contributed by atoms with Gasteiger partial charge in [-0.2, -0.15) is 9.47 Å². The summed E-state index contributed by atoms with van der Waals surface area (Å²) in [5.41, 5.74) is 11.5. The van der Waals surface area contributed by atoms with Crippen LogP contribution in [0.2, 0.25) is 0 Å². The summed E-state index contributed by atoms with van der Waals surface area (Å²) in [7, 11) is 0. The lowest BCUT2D eigenvalue weighted by molar-refractivity contribution is 0.224. The molecule has 4 N–H and O–H groups in total. The number of hydrazone groups is 1. The molecular formula is C15H25N5S2. The predicted molar refractivity (Wildman–Crippen MR) is 98.3 cm³/mol. The Kier molecular flexibility index (Phi) is 5.74. The van der Waals surface area contributed by atoms with Crippen molar-refractivity contribution in [3.05, 3.63) is 11.3 Å². The van der Waals surface area contributed by atoms with Crippen LogP contribution < -0.4 is 16.5 Å². The van der Waals surface area contributed by atoms with Crippen molar-refractivity contribution in [1.29, 1.82) is 0 Å². The van der Waals surface area contributed by atoms with Crippen LogP contribution in [0.3, 0.4) is 0 Å². The second kappa shape index (κ2) is 7.37. The first-order valence-corrected chi connectivity index (χ1v) is 8.91. The van der Waals surface area contributed by atoms with Gasteiger partial charge in [-0.15, -0.1) is 0 Å². The molecule has 0 unspecified atom stereocenters. The van der Waals surface area contributed by atoms with Crippen molar-refractivity contribution in [2.24, 2.45) is 16.9 Å². The average molecular weight is 340 g/mol. The first-order chi connectivity index (χ1) is 10.4. The summed E-state index contributed by atoms with van der Waals surface area (Å²) in [6.07, 6.45) is 3.72. The van der Waals surface area contributed by atoms with E-state index >= 15 is 0 Å². The summed E-state index contributed by atoms with van der Waals surface area (Å²) in [4.78, 5) is 0. The number of nitrogens with two attached hydrogens (primary N) is 1. The van der Waals surface area contributed by atoms with Crippen LogP contribution in [0, 0.1) is 18.8 Å². The van der Waals surface area contributed by atoms with E-state index in [0.29, 0.717) is 22.1 Å². The molecule has 0 aliphatic heterocycles. The van der Waals surface area contributed by atoms with Gasteiger partial charge in [-0.3, -0.25) is 5.43 Å². The first kappa shape index (κ1) is 17.1. The Bertz CT molecular complexity index is 547. The van der Waals surface area contributed by atoms with E-state index in [1.807, 2.05) is 13.8 Å². The molecule has 1 heterocycles. The average Bonchev–Trinajstić information content (AvgIpc) is 2.81. The highest BCUT2D eigenvalue weighted by Crippen LogP contribution is 2.29. The number of nitrogens with one attached hydrogen (secondary N) is 2. The minimum atomic E-state index is 0.425. The molecule has 0 radical (unpaired) electrons. The lowest BCUT2D eigenvalue weighted by atomic mass is 9.78. The van der Waals surface area contributed by atoms with E-state index in [1.54, 1.807) is 0 Å². The third-order valence-corrected chi connectivity index (χ3v) is 5.57. The van der Waals surface area contributed by atoms with E-state index in [2.05, 4.69) is 34.1 Å². The molecule has 0 aromatic carbocycles. The van der Waals surface area contributed by atoms with Gasteiger partial charge in [0.05, 0.1) is 17.0 Å². The molecule has 7 heteroatoms. The number of thiocarbonyl (C=S) groups is 1. The fourth-order valence-corrected chi connectivity index (χ4v) is 3.91. The second-order valence-corrected chi connectivity index (χ2v) is 7.38. The summed E-state index contributed by atoms with van der Waals surface area (Å²) in [5.74, 6) is 1.36. The Morgan fingerprint density at radius 1 is 1.41 bits per heavy atom. The Morgan fingerprint density at radius 2 is 2.14 bits per heavy atom. The van der Waals surface area contributed by atoms with Crippen molar-refractivity contribution in [1.82, 2.24) is 15.1 Å². The summed E-state index contributed by atoms with van der Waals surface area (Å²) in [5, 5.41) is 9.01. The molecule has 1 saturated carbocycles. The smallest absolute Gasteiger partial charge is 0.187 e. The van der Waals surface area contributed by atoms with Gasteiger partial charge in [0.2, 0.25) is 0 Å². The number of aromatic nitrogens is 1. The molecule has 1 fully saturated rings. The molecule has 1 aromatic rings. The quantitative estimate of drug-likeness (QED) is 0.448. The third kappa shape index (κ3) is 3.95. The van der Waals surface area contributed by atoms with Gasteiger partial charge in [0.15, 0.2) is 5.11 Å². The molecule has 1 aromatic heterocycles. The van der Waals surface area contributed by atoms with E-state index in [0.717, 1.165) is 29.3 Å². The zero-order chi connectivity index (χ0) is 16.3. The molecule has 0 bridgehead atoms. The second-order valence-electron chi connectivity index (χ2n) is 6.16. The normalized spacial score (nSPS) is 25.8. The standard InChI is InChI=1S/C15H25N5S2/c1-8-6-5-7-12(9(8)2)17-15(21)19-18-10(3)13-11(4)20-22-14(13)16/h8-9,12H,5-7,16H2,1-4H3,(H2,17,19,21)/b18-10-/t8-,9+,12-/m1/s1. The minimum absolute atomic E-state index is 0.425. The van der Waals surface area contributed by atoms with Crippen molar-refractivity contribution in [2.75, 3.05) is 5.73 Å². The molecule has 5 nitrogen and oxygen atoms in total. The SMILES string of the molecule is C/C(=N/NC(=S)N[C@@H]1CCC[C@@H](C)[C@@H]1C)c1c(C)nsc1N. The van der Waals surface area contributed by atoms with E-state index in [4.69, 9.17) is 18.0 Å². The number of aryl methyl sites for hydroxylation is 1. The molecule has 3 atom stereocenters. The maximum absolute atomic E-state index is 5.93. The van der Waals surface area contributed by atoms with E-state index in [-0.39, 0.29) is 0 Å². The molecule has 122 valence electrons. The van der Waals surface area contributed by atoms with Gasteiger partial charge in [-0.25, -0.2) is 0 Å². The van der Waals surface area contributed by atoms with Gasteiger partial charge < -0.3 is 11.1 Å². The number of hydrogen-bond acceptors (Lipinski definition) is 5. The van der Waals surface area contributed by atoms with Crippen molar-refractivity contribution in [3.8, 4) is 0 Å². The van der Waals surface area contributed by atoms with Crippen molar-refractivity contribution in [3.63, 3.8) is 0 Å². The predicted octanol–water partition coefficient (Wildman–Crippen LogP) is 3.05. The summed E-state index contributed by atoms with van der Waals surface area (Å²) < 4.78 is 4.24. The van der Waals surface area contributed by atoms with E-state index < -0.39 is 0 Å². The van der Waals surface area contributed by atoms with Gasteiger partial charge in [0.25, 0.3) is 0 Å². The minimum Gasteiger partial charge on any atom is -0.389 e. The fourth-order valence-electron chi connectivity index (χ4n) is 3.00. The number of rotatable bonds is 3. The van der Waals surface area contributed by atoms with Crippen molar-refractivity contribution < 1.29 is 0 Å². The number of anilines is 1. The number of nitrogens with zero attached hydrogens (tertiary/aromatic N) is 2. The molecule has 22 heavy (non-hydrogen) atoms. The Hall–Kier alpha value is -1.21. The number of nitrogen functional groups attached to an aromatic ring is 1. The summed E-state index contributed by atoms with van der Waals surface area (Å²) >= 11 is 6.66. The topological polar surface area (TPSA) is 75.3 Å². The number of hydrogen-bond donors (Lipinski definition) is 3. The van der Waals surface area contributed by atoms with Crippen LogP contribution in [0.25, 0.3) is 0 Å². The molecule has 0 spiro atoms. The lowest BCUT2D eigenvalue weighted by Gasteiger charge is -2.35. The first-order valence-electron chi connectivity index (χ1n) is 7.73. The van der Waals surface area contributed by atoms with Gasteiger partial charge >= 0.3 is 0 Å². The largest absolute Gasteiger partial charge is 0.389 e. The van der Waals surface area contributed by atoms with Gasteiger partial charge in [0.1, 0.15) is 5.00 Å². The molecule has 0 amide bonds. The highest BCUT2D eigenvalue weighted by atomic mass is 32.1. The van der Waals surface area contributed by atoms with Crippen LogP contribution in [0.1, 0.15) is 51.3 Å². The van der Waals surface area contributed by atoms with Crippen LogP contribution in [0.5, 0.6) is 0 Å². The fraction of sp³-hybridized carbons (Fsp3) is 0.667. The van der Waals surface area contributed by atoms with Gasteiger partial charge in [-0.1, -0.05) is 26.7 Å². The van der Waals surface area contributed by atoms with Crippen LogP contribution in [0.4, 0.5) is 5.00 Å². The molecule has 0 saturated heterocycles. The third-order valence-electron chi connectivity index (χ3n) is 4.60. The zero-order valence-electron chi connectivity index (χ0n) is 13.6. The van der Waals surface area contributed by atoms with Crippen LogP contribution in [-0.4, -0.2) is 21.2 Å². The van der Waals surface area contributed by atoms with Crippen molar-refractivity contribution >= 4 is 39.6 Å². The Labute approximate surface area is 141 Å². The highest BCUT2D eigenvalue weighted by Gasteiger charge is 2.27. The van der Waals surface area contributed by atoms with Crippen molar-refractivity contribution in [2.45, 2.75) is 53.0 Å². The summed E-state index contributed by atoms with van der Waals surface area (Å²) in [6.45, 7) is 8.45.